The number of nitrogens with zero attached hydrogens (tertiary/aromatic N) is 1. The Labute approximate surface area is 182 Å². The van der Waals surface area contributed by atoms with E-state index in [0.29, 0.717) is 16.8 Å². The Balaban J connectivity index is 1.83. The molecule has 5 nitrogen and oxygen atoms in total. The van der Waals surface area contributed by atoms with E-state index in [2.05, 4.69) is 21.2 Å². The zero-order valence-electron chi connectivity index (χ0n) is 16.1. The van der Waals surface area contributed by atoms with Gasteiger partial charge in [-0.1, -0.05) is 46.3 Å². The van der Waals surface area contributed by atoms with Gasteiger partial charge < -0.3 is 11.1 Å². The third-order valence-corrected chi connectivity index (χ3v) is 5.39. The van der Waals surface area contributed by atoms with Crippen molar-refractivity contribution in [1.82, 2.24) is 4.98 Å². The number of carbonyl (C=O) groups excluding carboxylic acids is 2. The molecule has 4 rings (SSSR count). The average Bonchev–Trinajstić information content (AvgIpc) is 2.74. The molecule has 0 saturated carbocycles. The van der Waals surface area contributed by atoms with E-state index in [1.165, 1.54) is 0 Å². The number of primary amides is 1. The van der Waals surface area contributed by atoms with Gasteiger partial charge in [0.15, 0.2) is 0 Å². The molecule has 1 aromatic heterocycles. The van der Waals surface area contributed by atoms with Crippen LogP contribution in [0.5, 0.6) is 0 Å². The molecule has 0 saturated heterocycles. The molecule has 1 heterocycles. The van der Waals surface area contributed by atoms with Crippen LogP contribution in [0, 0.1) is 6.92 Å². The highest BCUT2D eigenvalue weighted by Crippen LogP contribution is 2.31. The quantitative estimate of drug-likeness (QED) is 0.432. The van der Waals surface area contributed by atoms with E-state index < -0.39 is 5.91 Å². The number of hydrogen-bond donors (Lipinski definition) is 2. The van der Waals surface area contributed by atoms with Crippen molar-refractivity contribution < 1.29 is 9.59 Å². The first-order valence-electron chi connectivity index (χ1n) is 9.30. The molecule has 0 bridgehead atoms. The Morgan fingerprint density at radius 3 is 2.33 bits per heavy atom. The number of amides is 2. The molecule has 0 aliphatic rings. The van der Waals surface area contributed by atoms with Crippen molar-refractivity contribution in [3.05, 3.63) is 94.0 Å². The Kier molecular flexibility index (Phi) is 5.33. The molecule has 0 fully saturated rings. The largest absolute Gasteiger partial charge is 0.366 e. The number of carbonyl (C=O) groups is 2. The van der Waals surface area contributed by atoms with Gasteiger partial charge in [0.1, 0.15) is 0 Å². The van der Waals surface area contributed by atoms with E-state index in [1.807, 2.05) is 55.5 Å². The summed E-state index contributed by atoms with van der Waals surface area (Å²) in [5.74, 6) is -0.761. The molecule has 2 amide bonds. The van der Waals surface area contributed by atoms with Gasteiger partial charge in [-0.05, 0) is 55.0 Å². The van der Waals surface area contributed by atoms with Crippen LogP contribution in [0.2, 0.25) is 0 Å². The summed E-state index contributed by atoms with van der Waals surface area (Å²) in [7, 11) is 0. The number of benzene rings is 3. The average molecular weight is 460 g/mol. The second-order valence-electron chi connectivity index (χ2n) is 6.88. The van der Waals surface area contributed by atoms with Gasteiger partial charge in [-0.3, -0.25) is 9.59 Å². The highest BCUT2D eigenvalue weighted by molar-refractivity contribution is 9.10. The van der Waals surface area contributed by atoms with Crippen LogP contribution < -0.4 is 11.1 Å². The maximum Gasteiger partial charge on any atom is 0.256 e. The molecule has 3 aromatic carbocycles. The van der Waals surface area contributed by atoms with E-state index in [9.17, 15) is 9.59 Å². The van der Waals surface area contributed by atoms with E-state index in [4.69, 9.17) is 10.7 Å². The Hall–Kier alpha value is -3.51. The molecule has 0 aliphatic heterocycles. The van der Waals surface area contributed by atoms with Crippen molar-refractivity contribution >= 4 is 44.3 Å². The topological polar surface area (TPSA) is 85.1 Å². The summed E-state index contributed by atoms with van der Waals surface area (Å²) in [6.45, 7) is 1.90. The third kappa shape index (κ3) is 3.82. The summed E-state index contributed by atoms with van der Waals surface area (Å²) < 4.78 is 0.864. The number of nitrogens with one attached hydrogen (secondary N) is 1. The van der Waals surface area contributed by atoms with Crippen molar-refractivity contribution in [3.8, 4) is 11.3 Å². The van der Waals surface area contributed by atoms with E-state index in [-0.39, 0.29) is 5.91 Å². The van der Waals surface area contributed by atoms with Gasteiger partial charge in [0.05, 0.1) is 16.8 Å². The fraction of sp³-hybridized carbons (Fsp3) is 0.0417. The SMILES string of the molecule is Cc1c(-c2ccccc2)nc2ccc(Br)cc2c1C(=O)Nc1ccc(C(N)=O)cc1. The highest BCUT2D eigenvalue weighted by atomic mass is 79.9. The molecule has 148 valence electrons. The molecule has 3 N–H and O–H groups in total. The summed E-state index contributed by atoms with van der Waals surface area (Å²) in [6.07, 6.45) is 0. The first-order valence-corrected chi connectivity index (χ1v) is 10.1. The molecule has 0 radical (unpaired) electrons. The molecular weight excluding hydrogens is 442 g/mol. The molecule has 0 atom stereocenters. The third-order valence-electron chi connectivity index (χ3n) is 4.89. The zero-order chi connectivity index (χ0) is 21.3. The Morgan fingerprint density at radius 2 is 1.67 bits per heavy atom. The van der Waals surface area contributed by atoms with Crippen LogP contribution in [0.4, 0.5) is 5.69 Å². The van der Waals surface area contributed by atoms with Gasteiger partial charge in [-0.2, -0.15) is 0 Å². The van der Waals surface area contributed by atoms with Crippen molar-refractivity contribution in [1.29, 1.82) is 0 Å². The lowest BCUT2D eigenvalue weighted by Gasteiger charge is -2.15. The lowest BCUT2D eigenvalue weighted by molar-refractivity contribution is 0.0998. The van der Waals surface area contributed by atoms with E-state index in [0.717, 1.165) is 32.2 Å². The standard InChI is InChI=1S/C24H18BrN3O2/c1-14-21(24(30)27-18-10-7-16(8-11-18)23(26)29)19-13-17(25)9-12-20(19)28-22(14)15-5-3-2-4-6-15/h2-13H,1H3,(H2,26,29)(H,27,30). The van der Waals surface area contributed by atoms with Crippen LogP contribution in [-0.4, -0.2) is 16.8 Å². The van der Waals surface area contributed by atoms with Gasteiger partial charge >= 0.3 is 0 Å². The van der Waals surface area contributed by atoms with Crippen LogP contribution in [0.1, 0.15) is 26.3 Å². The number of halogens is 1. The predicted octanol–water partition coefficient (Wildman–Crippen LogP) is 5.32. The summed E-state index contributed by atoms with van der Waals surface area (Å²) >= 11 is 3.49. The van der Waals surface area contributed by atoms with Gasteiger partial charge in [0, 0.05) is 26.7 Å². The second kappa shape index (κ2) is 8.08. The van der Waals surface area contributed by atoms with Crippen LogP contribution in [0.3, 0.4) is 0 Å². The first kappa shape index (κ1) is 19.8. The molecule has 4 aromatic rings. The summed E-state index contributed by atoms with van der Waals surface area (Å²) in [5, 5.41) is 3.68. The molecule has 30 heavy (non-hydrogen) atoms. The van der Waals surface area contributed by atoms with Crippen LogP contribution in [-0.2, 0) is 0 Å². The van der Waals surface area contributed by atoms with Crippen molar-refractivity contribution in [2.45, 2.75) is 6.92 Å². The summed E-state index contributed by atoms with van der Waals surface area (Å²) in [6, 6.07) is 22.0. The number of rotatable bonds is 4. The normalized spacial score (nSPS) is 10.7. The molecule has 0 aliphatic carbocycles. The van der Waals surface area contributed by atoms with Crippen molar-refractivity contribution in [2.75, 3.05) is 5.32 Å². The van der Waals surface area contributed by atoms with Gasteiger partial charge in [0.25, 0.3) is 5.91 Å². The number of anilines is 1. The smallest absolute Gasteiger partial charge is 0.256 e. The fourth-order valence-corrected chi connectivity index (χ4v) is 3.77. The number of hydrogen-bond acceptors (Lipinski definition) is 3. The van der Waals surface area contributed by atoms with Gasteiger partial charge in [0.2, 0.25) is 5.91 Å². The number of fused-ring (bicyclic) bond motifs is 1. The van der Waals surface area contributed by atoms with Crippen molar-refractivity contribution in [2.24, 2.45) is 5.73 Å². The van der Waals surface area contributed by atoms with Crippen LogP contribution in [0.25, 0.3) is 22.2 Å². The maximum absolute atomic E-state index is 13.3. The minimum atomic E-state index is -0.513. The number of nitrogens with two attached hydrogens (primary N) is 1. The minimum absolute atomic E-state index is 0.248. The molecule has 0 spiro atoms. The zero-order valence-corrected chi connectivity index (χ0v) is 17.7. The first-order chi connectivity index (χ1) is 14.4. The maximum atomic E-state index is 13.3. The summed E-state index contributed by atoms with van der Waals surface area (Å²) in [4.78, 5) is 29.4. The number of aromatic nitrogens is 1. The Bertz CT molecular complexity index is 1270. The predicted molar refractivity (Wildman–Crippen MR) is 123 cm³/mol. The summed E-state index contributed by atoms with van der Waals surface area (Å²) in [5.41, 5.74) is 10.0. The van der Waals surface area contributed by atoms with E-state index >= 15 is 0 Å². The lowest BCUT2D eigenvalue weighted by Crippen LogP contribution is -2.16. The highest BCUT2D eigenvalue weighted by Gasteiger charge is 2.19. The number of pyridine rings is 1. The van der Waals surface area contributed by atoms with Crippen molar-refractivity contribution in [3.63, 3.8) is 0 Å². The fourth-order valence-electron chi connectivity index (χ4n) is 3.41. The van der Waals surface area contributed by atoms with Crippen LogP contribution >= 0.6 is 15.9 Å². The molecule has 6 heteroatoms. The van der Waals surface area contributed by atoms with Gasteiger partial charge in [-0.25, -0.2) is 4.98 Å². The molecule has 0 unspecified atom stereocenters. The lowest BCUT2D eigenvalue weighted by atomic mass is 9.97. The second-order valence-corrected chi connectivity index (χ2v) is 7.80. The van der Waals surface area contributed by atoms with Gasteiger partial charge in [-0.15, -0.1) is 0 Å². The van der Waals surface area contributed by atoms with E-state index in [1.54, 1.807) is 24.3 Å². The van der Waals surface area contributed by atoms with Crippen LogP contribution in [0.15, 0.2) is 77.3 Å². The molecular formula is C24H18BrN3O2. The minimum Gasteiger partial charge on any atom is -0.366 e. The Morgan fingerprint density at radius 1 is 0.967 bits per heavy atom. The monoisotopic (exact) mass is 459 g/mol.